The summed E-state index contributed by atoms with van der Waals surface area (Å²) in [5, 5.41) is 6.14. The molecular weight excluding hydrogens is 482 g/mol. The average Bonchev–Trinajstić information content (AvgIpc) is 3.31. The van der Waals surface area contributed by atoms with Crippen molar-refractivity contribution in [3.63, 3.8) is 0 Å². The number of nitrogens with zero attached hydrogens (tertiary/aromatic N) is 6. The zero-order valence-electron chi connectivity index (χ0n) is 22.1. The van der Waals surface area contributed by atoms with Gasteiger partial charge in [-0.3, -0.25) is 4.79 Å². The number of nitrogens with two attached hydrogens (primary N) is 1. The van der Waals surface area contributed by atoms with E-state index >= 15 is 0 Å². The van der Waals surface area contributed by atoms with Crippen LogP contribution in [0.15, 0.2) is 61.4 Å². The van der Waals surface area contributed by atoms with Crippen LogP contribution in [-0.2, 0) is 11.3 Å². The van der Waals surface area contributed by atoms with Gasteiger partial charge in [0.25, 0.3) is 0 Å². The monoisotopic (exact) mass is 515 g/mol. The fourth-order valence-corrected chi connectivity index (χ4v) is 4.01. The molecule has 0 aliphatic rings. The number of imidazole rings is 1. The lowest BCUT2D eigenvalue weighted by molar-refractivity contribution is -0.111. The van der Waals surface area contributed by atoms with Crippen molar-refractivity contribution in [2.24, 2.45) is 5.73 Å². The number of fused-ring (bicyclic) bond motifs is 1. The number of hydrogen-bond donors (Lipinski definition) is 3. The highest BCUT2D eigenvalue weighted by Crippen LogP contribution is 2.38. The van der Waals surface area contributed by atoms with E-state index in [4.69, 9.17) is 20.4 Å². The maximum atomic E-state index is 12.2. The van der Waals surface area contributed by atoms with Crippen LogP contribution in [0.25, 0.3) is 16.9 Å². The normalized spacial score (nSPS) is 11.0. The Morgan fingerprint density at radius 3 is 2.68 bits per heavy atom. The minimum Gasteiger partial charge on any atom is -0.494 e. The zero-order valence-corrected chi connectivity index (χ0v) is 22.1. The molecule has 0 spiro atoms. The predicted molar refractivity (Wildman–Crippen MR) is 151 cm³/mol. The number of carbonyl (C=O) groups is 1. The van der Waals surface area contributed by atoms with Gasteiger partial charge in [0.05, 0.1) is 41.9 Å². The number of benzene rings is 1. The number of methoxy groups -OCH3 is 1. The lowest BCUT2D eigenvalue weighted by atomic mass is 10.2. The summed E-state index contributed by atoms with van der Waals surface area (Å²) in [6.07, 6.45) is 4.82. The van der Waals surface area contributed by atoms with Gasteiger partial charge >= 0.3 is 0 Å². The van der Waals surface area contributed by atoms with Gasteiger partial charge in [-0.2, -0.15) is 0 Å². The summed E-state index contributed by atoms with van der Waals surface area (Å²) in [5.41, 5.74) is 10.2. The van der Waals surface area contributed by atoms with E-state index in [0.29, 0.717) is 41.0 Å². The molecule has 0 aliphatic carbocycles. The summed E-state index contributed by atoms with van der Waals surface area (Å²) in [6, 6.07) is 11.3. The third kappa shape index (κ3) is 5.74. The van der Waals surface area contributed by atoms with E-state index in [1.54, 1.807) is 25.4 Å². The smallest absolute Gasteiger partial charge is 0.247 e. The van der Waals surface area contributed by atoms with E-state index < -0.39 is 0 Å². The van der Waals surface area contributed by atoms with Crippen LogP contribution < -0.4 is 26.0 Å². The van der Waals surface area contributed by atoms with Gasteiger partial charge in [-0.25, -0.2) is 15.0 Å². The molecule has 11 nitrogen and oxygen atoms in total. The van der Waals surface area contributed by atoms with Crippen molar-refractivity contribution in [1.29, 1.82) is 0 Å². The molecule has 38 heavy (non-hydrogen) atoms. The van der Waals surface area contributed by atoms with Gasteiger partial charge in [-0.1, -0.05) is 12.6 Å². The summed E-state index contributed by atoms with van der Waals surface area (Å²) < 4.78 is 7.65. The molecule has 0 bridgehead atoms. The van der Waals surface area contributed by atoms with Crippen molar-refractivity contribution < 1.29 is 9.53 Å². The number of aromatic nitrogens is 4. The number of anilines is 4. The molecule has 0 aliphatic heterocycles. The lowest BCUT2D eigenvalue weighted by Gasteiger charge is -2.26. The van der Waals surface area contributed by atoms with Crippen LogP contribution >= 0.6 is 0 Å². The first-order chi connectivity index (χ1) is 18.3. The van der Waals surface area contributed by atoms with Crippen LogP contribution in [0.3, 0.4) is 0 Å². The number of ether oxygens (including phenoxy) is 1. The quantitative estimate of drug-likeness (QED) is 0.258. The highest BCUT2D eigenvalue weighted by atomic mass is 16.5. The van der Waals surface area contributed by atoms with Gasteiger partial charge in [-0.05, 0) is 44.4 Å². The average molecular weight is 516 g/mol. The maximum Gasteiger partial charge on any atom is 0.247 e. The third-order valence-corrected chi connectivity index (χ3v) is 6.00. The van der Waals surface area contributed by atoms with Gasteiger partial charge in [0.2, 0.25) is 11.9 Å². The number of carbonyl (C=O) groups excluding carboxylic acids is 1. The van der Waals surface area contributed by atoms with E-state index in [9.17, 15) is 4.79 Å². The van der Waals surface area contributed by atoms with E-state index in [0.717, 1.165) is 30.1 Å². The van der Waals surface area contributed by atoms with Crippen molar-refractivity contribution in [2.45, 2.75) is 6.54 Å². The Morgan fingerprint density at radius 2 is 1.97 bits per heavy atom. The van der Waals surface area contributed by atoms with Gasteiger partial charge in [0, 0.05) is 38.6 Å². The van der Waals surface area contributed by atoms with Crippen LogP contribution in [0.5, 0.6) is 5.75 Å². The Kier molecular flexibility index (Phi) is 8.19. The molecule has 0 unspecified atom stereocenters. The molecule has 198 valence electrons. The molecule has 0 fully saturated rings. The molecule has 11 heteroatoms. The number of pyridine rings is 1. The van der Waals surface area contributed by atoms with E-state index in [-0.39, 0.29) is 5.91 Å². The molecule has 3 heterocycles. The topological polar surface area (TPSA) is 126 Å². The van der Waals surface area contributed by atoms with E-state index in [2.05, 4.69) is 32.0 Å². The first kappa shape index (κ1) is 26.6. The van der Waals surface area contributed by atoms with E-state index in [1.807, 2.05) is 56.0 Å². The molecule has 4 N–H and O–H groups in total. The Bertz CT molecular complexity index is 1450. The SMILES string of the molecule is C=CC(=O)Nc1cc(Nc2nccc(-c3nc(CN)n4ccccc34)n2)c(OC)cc1N(C)CCN(C)C. The largest absolute Gasteiger partial charge is 0.494 e. The highest BCUT2D eigenvalue weighted by Gasteiger charge is 2.18. The first-order valence-electron chi connectivity index (χ1n) is 12.1. The van der Waals surface area contributed by atoms with Crippen molar-refractivity contribution in [3.8, 4) is 17.1 Å². The van der Waals surface area contributed by atoms with Crippen LogP contribution in [-0.4, -0.2) is 71.5 Å². The Hall–Kier alpha value is -4.48. The maximum absolute atomic E-state index is 12.2. The molecule has 0 saturated carbocycles. The highest BCUT2D eigenvalue weighted by molar-refractivity contribution is 6.02. The van der Waals surface area contributed by atoms with Crippen molar-refractivity contribution in [1.82, 2.24) is 24.3 Å². The molecule has 4 aromatic rings. The molecular formula is C27H33N9O2. The van der Waals surface area contributed by atoms with Gasteiger partial charge in [-0.15, -0.1) is 0 Å². The van der Waals surface area contributed by atoms with Crippen LogP contribution in [0.1, 0.15) is 5.82 Å². The predicted octanol–water partition coefficient (Wildman–Crippen LogP) is 3.12. The van der Waals surface area contributed by atoms with Gasteiger partial charge < -0.3 is 35.3 Å². The Morgan fingerprint density at radius 1 is 1.16 bits per heavy atom. The summed E-state index contributed by atoms with van der Waals surface area (Å²) in [5.74, 6) is 1.34. The summed E-state index contributed by atoms with van der Waals surface area (Å²) in [7, 11) is 7.58. The van der Waals surface area contributed by atoms with Crippen LogP contribution in [0.4, 0.5) is 23.0 Å². The summed E-state index contributed by atoms with van der Waals surface area (Å²) in [4.78, 5) is 30.2. The van der Waals surface area contributed by atoms with Crippen molar-refractivity contribution in [3.05, 3.63) is 67.3 Å². The summed E-state index contributed by atoms with van der Waals surface area (Å²) in [6.45, 7) is 5.45. The first-order valence-corrected chi connectivity index (χ1v) is 12.1. The van der Waals surface area contributed by atoms with E-state index in [1.165, 1.54) is 6.08 Å². The van der Waals surface area contributed by atoms with Gasteiger partial charge in [0.15, 0.2) is 0 Å². The number of likely N-dealkylation sites (N-methyl/N-ethyl adjacent to an activating group) is 2. The second-order valence-electron chi connectivity index (χ2n) is 8.91. The summed E-state index contributed by atoms with van der Waals surface area (Å²) >= 11 is 0. The Balaban J connectivity index is 1.71. The van der Waals surface area contributed by atoms with Gasteiger partial charge in [0.1, 0.15) is 17.3 Å². The molecule has 1 aromatic carbocycles. The van der Waals surface area contributed by atoms with Crippen LogP contribution in [0, 0.1) is 0 Å². The second-order valence-corrected chi connectivity index (χ2v) is 8.91. The number of nitrogens with one attached hydrogen (secondary N) is 2. The molecule has 0 radical (unpaired) electrons. The second kappa shape index (κ2) is 11.7. The lowest BCUT2D eigenvalue weighted by Crippen LogP contribution is -2.29. The Labute approximate surface area is 222 Å². The molecule has 1 amide bonds. The number of rotatable bonds is 11. The van der Waals surface area contributed by atoms with Crippen molar-refractivity contribution in [2.75, 3.05) is 56.9 Å². The third-order valence-electron chi connectivity index (χ3n) is 6.00. The minimum absolute atomic E-state index is 0.299. The minimum atomic E-state index is -0.316. The molecule has 0 atom stereocenters. The molecule has 0 saturated heterocycles. The van der Waals surface area contributed by atoms with Crippen LogP contribution in [0.2, 0.25) is 0 Å². The standard InChI is InChI=1S/C27H33N9O2/c1-6-25(37)30-19-15-20(23(38-5)16-22(19)35(4)14-13-34(2)3)32-27-29-11-10-18(31-27)26-21-9-7-8-12-36(21)24(17-28)33-26/h6-12,15-16H,1,13-14,17,28H2,2-5H3,(H,30,37)(H,29,31,32). The van der Waals surface area contributed by atoms with Crippen molar-refractivity contribution >= 4 is 34.4 Å². The fraction of sp³-hybridized carbons (Fsp3) is 0.259. The number of hydrogen-bond acceptors (Lipinski definition) is 9. The molecule has 3 aromatic heterocycles. The fourth-order valence-electron chi connectivity index (χ4n) is 4.01. The molecule has 4 rings (SSSR count). The zero-order chi connectivity index (χ0) is 27.2. The number of amides is 1.